The second kappa shape index (κ2) is 4.44. The lowest BCUT2D eigenvalue weighted by molar-refractivity contribution is 0.179. The first-order valence-corrected chi connectivity index (χ1v) is 6.96. The fourth-order valence-corrected chi connectivity index (χ4v) is 3.55. The van der Waals surface area contributed by atoms with Gasteiger partial charge >= 0.3 is 0 Å². The summed E-state index contributed by atoms with van der Waals surface area (Å²) in [6, 6.07) is 6.41. The molecule has 1 aromatic rings. The van der Waals surface area contributed by atoms with Crippen LogP contribution < -0.4 is 10.5 Å². The molecule has 0 amide bonds. The van der Waals surface area contributed by atoms with E-state index in [1.54, 1.807) is 7.11 Å². The van der Waals surface area contributed by atoms with Crippen molar-refractivity contribution in [2.45, 2.75) is 31.7 Å². The Morgan fingerprint density at radius 2 is 2.32 bits per heavy atom. The van der Waals surface area contributed by atoms with E-state index in [0.29, 0.717) is 5.96 Å². The second-order valence-electron chi connectivity index (χ2n) is 5.33. The quantitative estimate of drug-likeness (QED) is 0.882. The maximum atomic E-state index is 6.07. The Labute approximate surface area is 114 Å². The zero-order chi connectivity index (χ0) is 13.5. The molecule has 1 atom stereocenters. The van der Waals surface area contributed by atoms with Crippen molar-refractivity contribution in [2.24, 2.45) is 10.7 Å². The summed E-state index contributed by atoms with van der Waals surface area (Å²) in [6.45, 7) is 3.81. The Kier molecular flexibility index (Phi) is 2.88. The predicted octanol–water partition coefficient (Wildman–Crippen LogP) is 1.88. The predicted molar refractivity (Wildman–Crippen MR) is 76.5 cm³/mol. The summed E-state index contributed by atoms with van der Waals surface area (Å²) < 4.78 is 5.39. The number of aryl methyl sites for hydroxylation is 1. The van der Waals surface area contributed by atoms with Gasteiger partial charge in [0.2, 0.25) is 0 Å². The van der Waals surface area contributed by atoms with Crippen molar-refractivity contribution in [2.75, 3.05) is 20.2 Å². The molecular weight excluding hydrogens is 238 g/mol. The summed E-state index contributed by atoms with van der Waals surface area (Å²) in [5, 5.41) is 0. The highest BCUT2D eigenvalue weighted by Crippen LogP contribution is 2.43. The number of nitrogens with zero attached hydrogens (tertiary/aromatic N) is 2. The first-order valence-electron chi connectivity index (χ1n) is 6.96. The van der Waals surface area contributed by atoms with Crippen LogP contribution in [-0.4, -0.2) is 31.1 Å². The average Bonchev–Trinajstić information content (AvgIpc) is 2.76. The number of fused-ring (bicyclic) bond motifs is 2. The van der Waals surface area contributed by atoms with Crippen LogP contribution in [0.4, 0.5) is 0 Å². The summed E-state index contributed by atoms with van der Waals surface area (Å²) >= 11 is 0. The zero-order valence-electron chi connectivity index (χ0n) is 11.6. The average molecular weight is 259 g/mol. The van der Waals surface area contributed by atoms with Gasteiger partial charge in [-0.3, -0.25) is 4.99 Å². The number of hydrogen-bond donors (Lipinski definition) is 1. The number of aliphatic imine (C=N–C) groups is 1. The highest BCUT2D eigenvalue weighted by molar-refractivity contribution is 5.81. The Hall–Kier alpha value is -1.71. The van der Waals surface area contributed by atoms with Crippen LogP contribution in [0.5, 0.6) is 5.75 Å². The summed E-state index contributed by atoms with van der Waals surface area (Å²) in [7, 11) is 1.72. The van der Waals surface area contributed by atoms with Crippen molar-refractivity contribution in [3.63, 3.8) is 0 Å². The summed E-state index contributed by atoms with van der Waals surface area (Å²) in [6.07, 6.45) is 3.45. The minimum atomic E-state index is -0.0407. The van der Waals surface area contributed by atoms with Crippen molar-refractivity contribution < 1.29 is 4.74 Å². The molecule has 1 heterocycles. The molecule has 1 aromatic carbocycles. The lowest BCUT2D eigenvalue weighted by atomic mass is 9.75. The van der Waals surface area contributed by atoms with Crippen LogP contribution in [0.1, 0.15) is 30.9 Å². The molecule has 4 heteroatoms. The van der Waals surface area contributed by atoms with Gasteiger partial charge in [0, 0.05) is 6.54 Å². The molecule has 1 aliphatic heterocycles. The van der Waals surface area contributed by atoms with Gasteiger partial charge in [-0.05, 0) is 49.4 Å². The minimum absolute atomic E-state index is 0.0407. The topological polar surface area (TPSA) is 50.8 Å². The Balaban J connectivity index is 2.11. The van der Waals surface area contributed by atoms with Crippen molar-refractivity contribution >= 4 is 5.96 Å². The number of methoxy groups -OCH3 is 1. The van der Waals surface area contributed by atoms with E-state index in [4.69, 9.17) is 10.5 Å². The van der Waals surface area contributed by atoms with Crippen LogP contribution in [0.25, 0.3) is 0 Å². The Bertz CT molecular complexity index is 526. The van der Waals surface area contributed by atoms with Gasteiger partial charge in [-0.25, -0.2) is 0 Å². The van der Waals surface area contributed by atoms with E-state index in [9.17, 15) is 0 Å². The Morgan fingerprint density at radius 1 is 1.47 bits per heavy atom. The first kappa shape index (κ1) is 12.3. The largest absolute Gasteiger partial charge is 0.497 e. The molecule has 0 radical (unpaired) electrons. The molecule has 0 saturated carbocycles. The lowest BCUT2D eigenvalue weighted by Gasteiger charge is -2.43. The van der Waals surface area contributed by atoms with Crippen LogP contribution in [0.2, 0.25) is 0 Å². The fourth-order valence-electron chi connectivity index (χ4n) is 3.55. The normalized spacial score (nSPS) is 25.4. The van der Waals surface area contributed by atoms with Crippen LogP contribution in [0.3, 0.4) is 0 Å². The van der Waals surface area contributed by atoms with Crippen molar-refractivity contribution in [3.8, 4) is 5.75 Å². The molecule has 0 saturated heterocycles. The highest BCUT2D eigenvalue weighted by atomic mass is 16.5. The molecule has 102 valence electrons. The van der Waals surface area contributed by atoms with E-state index in [-0.39, 0.29) is 5.54 Å². The van der Waals surface area contributed by atoms with Gasteiger partial charge in [0.1, 0.15) is 5.75 Å². The number of likely N-dealkylation sites (N-methyl/N-ethyl adjacent to an activating group) is 1. The van der Waals surface area contributed by atoms with Crippen molar-refractivity contribution in [1.29, 1.82) is 0 Å². The molecule has 0 bridgehead atoms. The smallest absolute Gasteiger partial charge is 0.192 e. The third-order valence-corrected chi connectivity index (χ3v) is 4.47. The lowest BCUT2D eigenvalue weighted by Crippen LogP contribution is -2.50. The number of hydrogen-bond acceptors (Lipinski definition) is 4. The number of ether oxygens (including phenoxy) is 1. The summed E-state index contributed by atoms with van der Waals surface area (Å²) in [5.74, 6) is 1.60. The van der Waals surface area contributed by atoms with E-state index in [1.165, 1.54) is 17.5 Å². The molecule has 4 nitrogen and oxygen atoms in total. The van der Waals surface area contributed by atoms with E-state index in [2.05, 4.69) is 28.9 Å². The van der Waals surface area contributed by atoms with Gasteiger partial charge in [0.05, 0.1) is 19.2 Å². The molecule has 2 N–H and O–H groups in total. The monoisotopic (exact) mass is 259 g/mol. The fraction of sp³-hybridized carbons (Fsp3) is 0.533. The number of guanidine groups is 1. The maximum absolute atomic E-state index is 6.07. The van der Waals surface area contributed by atoms with Crippen LogP contribution >= 0.6 is 0 Å². The molecule has 0 fully saturated rings. The van der Waals surface area contributed by atoms with E-state index in [1.807, 2.05) is 6.07 Å². The first-order chi connectivity index (χ1) is 9.21. The maximum Gasteiger partial charge on any atom is 0.192 e. The third kappa shape index (κ3) is 1.70. The molecule has 0 aromatic heterocycles. The van der Waals surface area contributed by atoms with Gasteiger partial charge in [-0.1, -0.05) is 6.07 Å². The van der Waals surface area contributed by atoms with Gasteiger partial charge in [-0.2, -0.15) is 0 Å². The van der Waals surface area contributed by atoms with Gasteiger partial charge in [0.25, 0.3) is 0 Å². The van der Waals surface area contributed by atoms with E-state index >= 15 is 0 Å². The highest BCUT2D eigenvalue weighted by Gasteiger charge is 2.45. The van der Waals surface area contributed by atoms with Gasteiger partial charge < -0.3 is 15.4 Å². The van der Waals surface area contributed by atoms with Crippen LogP contribution in [0, 0.1) is 0 Å². The molecule has 1 spiro atoms. The summed E-state index contributed by atoms with van der Waals surface area (Å²) in [5.41, 5.74) is 8.79. The molecular formula is C15H21N3O. The van der Waals surface area contributed by atoms with Crippen molar-refractivity contribution in [1.82, 2.24) is 4.90 Å². The molecule has 2 aliphatic rings. The standard InChI is InChI=1S/C15H21N3O/c1-3-18-14(16)17-10-15(18)8-4-5-11-6-7-12(19-2)9-13(11)15/h6-7,9H,3-5,8,10H2,1-2H3,(H2,16,17). The Morgan fingerprint density at radius 3 is 3.05 bits per heavy atom. The second-order valence-corrected chi connectivity index (χ2v) is 5.33. The van der Waals surface area contributed by atoms with Gasteiger partial charge in [0.15, 0.2) is 5.96 Å². The zero-order valence-corrected chi connectivity index (χ0v) is 11.6. The minimum Gasteiger partial charge on any atom is -0.497 e. The SMILES string of the molecule is CCN1C(N)=NCC12CCCc1ccc(OC)cc12. The van der Waals surface area contributed by atoms with Gasteiger partial charge in [-0.15, -0.1) is 0 Å². The van der Waals surface area contributed by atoms with Crippen LogP contribution in [-0.2, 0) is 12.0 Å². The number of nitrogens with two attached hydrogens (primary N) is 1. The molecule has 1 unspecified atom stereocenters. The molecule has 1 aliphatic carbocycles. The van der Waals surface area contributed by atoms with Crippen LogP contribution in [0.15, 0.2) is 23.2 Å². The third-order valence-electron chi connectivity index (χ3n) is 4.47. The number of rotatable bonds is 2. The summed E-state index contributed by atoms with van der Waals surface area (Å²) in [4.78, 5) is 6.75. The number of benzene rings is 1. The van der Waals surface area contributed by atoms with E-state index < -0.39 is 0 Å². The van der Waals surface area contributed by atoms with E-state index in [0.717, 1.165) is 31.7 Å². The van der Waals surface area contributed by atoms with Crippen molar-refractivity contribution in [3.05, 3.63) is 29.3 Å². The molecule has 19 heavy (non-hydrogen) atoms. The molecule has 3 rings (SSSR count).